The second-order valence-corrected chi connectivity index (χ2v) is 6.93. The Morgan fingerprint density at radius 3 is 2.84 bits per heavy atom. The number of guanidine groups is 1. The van der Waals surface area contributed by atoms with E-state index in [1.807, 2.05) is 18.2 Å². The lowest BCUT2D eigenvalue weighted by molar-refractivity contribution is 0.0824. The fraction of sp³-hybridized carbons (Fsp3) is 0.632. The Labute approximate surface area is 156 Å². The van der Waals surface area contributed by atoms with Gasteiger partial charge in [0.15, 0.2) is 5.96 Å². The summed E-state index contributed by atoms with van der Waals surface area (Å²) in [5, 5.41) is 17.0. The van der Waals surface area contributed by atoms with Crippen molar-refractivity contribution in [3.63, 3.8) is 0 Å². The molecule has 0 unspecified atom stereocenters. The molecule has 1 aromatic rings. The summed E-state index contributed by atoms with van der Waals surface area (Å²) in [6, 6.07) is 7.97. The zero-order valence-electron chi connectivity index (χ0n) is 15.2. The van der Waals surface area contributed by atoms with E-state index in [0.29, 0.717) is 0 Å². The lowest BCUT2D eigenvalue weighted by Crippen LogP contribution is -2.39. The predicted molar refractivity (Wildman–Crippen MR) is 105 cm³/mol. The molecule has 1 aromatic carbocycles. The van der Waals surface area contributed by atoms with Crippen molar-refractivity contribution in [2.75, 3.05) is 39.3 Å². The maximum Gasteiger partial charge on any atom is 0.191 e. The number of halogens is 1. The van der Waals surface area contributed by atoms with Crippen LogP contribution in [0.5, 0.6) is 0 Å². The van der Waals surface area contributed by atoms with Crippen LogP contribution >= 0.6 is 11.6 Å². The van der Waals surface area contributed by atoms with Gasteiger partial charge in [-0.25, -0.2) is 0 Å². The van der Waals surface area contributed by atoms with Gasteiger partial charge in [0.25, 0.3) is 0 Å². The van der Waals surface area contributed by atoms with Crippen LogP contribution in [0.2, 0.25) is 5.02 Å². The van der Waals surface area contributed by atoms with Crippen LogP contribution in [0, 0.1) is 0 Å². The average molecular weight is 367 g/mol. The summed E-state index contributed by atoms with van der Waals surface area (Å²) in [7, 11) is 0. The zero-order valence-corrected chi connectivity index (χ0v) is 15.9. The predicted octanol–water partition coefficient (Wildman–Crippen LogP) is 2.28. The molecule has 25 heavy (non-hydrogen) atoms. The third-order valence-electron chi connectivity index (χ3n) is 4.40. The minimum absolute atomic E-state index is 0.0988. The molecule has 0 saturated carbocycles. The van der Waals surface area contributed by atoms with Crippen molar-refractivity contribution in [2.45, 2.75) is 38.7 Å². The van der Waals surface area contributed by atoms with E-state index < -0.39 is 0 Å². The van der Waals surface area contributed by atoms with Crippen LogP contribution < -0.4 is 10.6 Å². The van der Waals surface area contributed by atoms with Crippen molar-refractivity contribution in [3.8, 4) is 0 Å². The number of nitrogens with one attached hydrogen (secondary N) is 2. The first-order valence-electron chi connectivity index (χ1n) is 9.34. The molecule has 140 valence electrons. The number of hydrogen-bond donors (Lipinski definition) is 3. The van der Waals surface area contributed by atoms with Crippen molar-refractivity contribution in [3.05, 3.63) is 34.9 Å². The van der Waals surface area contributed by atoms with E-state index in [2.05, 4.69) is 33.5 Å². The largest absolute Gasteiger partial charge is 0.393 e. The summed E-state index contributed by atoms with van der Waals surface area (Å²) in [6.07, 6.45) is 3.66. The summed E-state index contributed by atoms with van der Waals surface area (Å²) in [5.41, 5.74) is 1.23. The third-order valence-corrected chi connectivity index (χ3v) is 4.63. The molecule has 0 spiro atoms. The van der Waals surface area contributed by atoms with Gasteiger partial charge in [-0.1, -0.05) is 23.7 Å². The Balaban J connectivity index is 1.67. The van der Waals surface area contributed by atoms with E-state index in [1.165, 1.54) is 5.56 Å². The number of piperidine rings is 1. The fourth-order valence-electron chi connectivity index (χ4n) is 2.99. The van der Waals surface area contributed by atoms with Gasteiger partial charge in [0.2, 0.25) is 0 Å². The highest BCUT2D eigenvalue weighted by Gasteiger charge is 2.15. The van der Waals surface area contributed by atoms with Crippen LogP contribution in [0.3, 0.4) is 0 Å². The molecule has 0 atom stereocenters. The highest BCUT2D eigenvalue weighted by Crippen LogP contribution is 2.11. The van der Waals surface area contributed by atoms with Crippen molar-refractivity contribution in [1.29, 1.82) is 0 Å². The van der Waals surface area contributed by atoms with E-state index in [-0.39, 0.29) is 6.10 Å². The molecule has 6 heteroatoms. The lowest BCUT2D eigenvalue weighted by Gasteiger charge is -2.29. The number of aliphatic hydroxyl groups excluding tert-OH is 1. The number of aliphatic hydroxyl groups is 1. The maximum absolute atomic E-state index is 9.54. The Morgan fingerprint density at radius 1 is 1.32 bits per heavy atom. The van der Waals surface area contributed by atoms with Crippen LogP contribution in [0.15, 0.2) is 29.3 Å². The number of aliphatic imine (C=N–C) groups is 1. The maximum atomic E-state index is 9.54. The van der Waals surface area contributed by atoms with Gasteiger partial charge in [-0.3, -0.25) is 4.99 Å². The Bertz CT molecular complexity index is 530. The minimum atomic E-state index is -0.0988. The molecule has 2 rings (SSSR count). The number of benzene rings is 1. The molecule has 0 bridgehead atoms. The molecule has 5 nitrogen and oxygen atoms in total. The highest BCUT2D eigenvalue weighted by atomic mass is 35.5. The van der Waals surface area contributed by atoms with Crippen molar-refractivity contribution < 1.29 is 5.11 Å². The average Bonchev–Trinajstić information content (AvgIpc) is 2.60. The van der Waals surface area contributed by atoms with Gasteiger partial charge < -0.3 is 20.6 Å². The normalized spacial score (nSPS) is 16.8. The summed E-state index contributed by atoms with van der Waals surface area (Å²) >= 11 is 6.02. The molecule has 3 N–H and O–H groups in total. The van der Waals surface area contributed by atoms with E-state index in [0.717, 1.165) is 75.9 Å². The number of likely N-dealkylation sites (tertiary alicyclic amines) is 1. The van der Waals surface area contributed by atoms with E-state index in [9.17, 15) is 5.11 Å². The molecule has 1 aliphatic rings. The van der Waals surface area contributed by atoms with Crippen LogP contribution in [0.4, 0.5) is 0 Å². The Morgan fingerprint density at radius 2 is 2.12 bits per heavy atom. The molecular formula is C19H31ClN4O. The molecule has 1 aliphatic heterocycles. The summed E-state index contributed by atoms with van der Waals surface area (Å²) in [4.78, 5) is 7.07. The van der Waals surface area contributed by atoms with Gasteiger partial charge in [-0.05, 0) is 56.8 Å². The van der Waals surface area contributed by atoms with Gasteiger partial charge in [-0.2, -0.15) is 0 Å². The topological polar surface area (TPSA) is 59.9 Å². The van der Waals surface area contributed by atoms with Gasteiger partial charge in [0, 0.05) is 37.7 Å². The SMILES string of the molecule is CCNC(=NCCCN1CCC(O)CC1)NCCc1cccc(Cl)c1. The highest BCUT2D eigenvalue weighted by molar-refractivity contribution is 6.30. The molecule has 1 fully saturated rings. The third kappa shape index (κ3) is 8.08. The second-order valence-electron chi connectivity index (χ2n) is 6.49. The van der Waals surface area contributed by atoms with Gasteiger partial charge in [0.1, 0.15) is 0 Å². The Hall–Kier alpha value is -1.30. The second kappa shape index (κ2) is 11.3. The van der Waals surface area contributed by atoms with Crippen LogP contribution in [0.25, 0.3) is 0 Å². The molecular weight excluding hydrogens is 336 g/mol. The first-order valence-corrected chi connectivity index (χ1v) is 9.72. The summed E-state index contributed by atoms with van der Waals surface area (Å²) in [6.45, 7) is 7.63. The number of rotatable bonds is 8. The zero-order chi connectivity index (χ0) is 17.9. The first kappa shape index (κ1) is 20.0. The standard InChI is InChI=1S/C19H31ClN4O/c1-2-21-19(23-11-7-16-5-3-6-17(20)15-16)22-10-4-12-24-13-8-18(25)9-14-24/h3,5-6,15,18,25H,2,4,7-14H2,1H3,(H2,21,22,23). The Kier molecular flexibility index (Phi) is 9.08. The van der Waals surface area contributed by atoms with Crippen molar-refractivity contribution in [2.24, 2.45) is 4.99 Å². The van der Waals surface area contributed by atoms with E-state index >= 15 is 0 Å². The van der Waals surface area contributed by atoms with Gasteiger partial charge in [0.05, 0.1) is 6.10 Å². The smallest absolute Gasteiger partial charge is 0.191 e. The molecule has 1 saturated heterocycles. The molecule has 0 aliphatic carbocycles. The first-order chi connectivity index (χ1) is 12.2. The van der Waals surface area contributed by atoms with E-state index in [1.54, 1.807) is 0 Å². The van der Waals surface area contributed by atoms with E-state index in [4.69, 9.17) is 11.6 Å². The van der Waals surface area contributed by atoms with Crippen LogP contribution in [0.1, 0.15) is 31.7 Å². The quantitative estimate of drug-likeness (QED) is 0.375. The van der Waals surface area contributed by atoms with Crippen LogP contribution in [-0.2, 0) is 6.42 Å². The lowest BCUT2D eigenvalue weighted by atomic mass is 10.1. The monoisotopic (exact) mass is 366 g/mol. The van der Waals surface area contributed by atoms with Crippen molar-refractivity contribution in [1.82, 2.24) is 15.5 Å². The molecule has 1 heterocycles. The minimum Gasteiger partial charge on any atom is -0.393 e. The molecule has 0 radical (unpaired) electrons. The molecule has 0 aromatic heterocycles. The van der Waals surface area contributed by atoms with Gasteiger partial charge >= 0.3 is 0 Å². The number of hydrogen-bond acceptors (Lipinski definition) is 3. The summed E-state index contributed by atoms with van der Waals surface area (Å²) in [5.74, 6) is 0.874. The fourth-order valence-corrected chi connectivity index (χ4v) is 3.20. The van der Waals surface area contributed by atoms with Gasteiger partial charge in [-0.15, -0.1) is 0 Å². The van der Waals surface area contributed by atoms with Crippen molar-refractivity contribution >= 4 is 17.6 Å². The molecule has 0 amide bonds. The number of nitrogens with zero attached hydrogens (tertiary/aromatic N) is 2. The summed E-state index contributed by atoms with van der Waals surface area (Å²) < 4.78 is 0. The van der Waals surface area contributed by atoms with Crippen LogP contribution in [-0.4, -0.2) is 61.3 Å².